The molecule has 4 aromatic rings. The molecule has 2 aliphatic rings. The molecule has 1 aromatic carbocycles. The van der Waals surface area contributed by atoms with Crippen molar-refractivity contribution in [2.75, 3.05) is 38.3 Å². The summed E-state index contributed by atoms with van der Waals surface area (Å²) in [7, 11) is 1.83. The quantitative estimate of drug-likeness (QED) is 0.300. The summed E-state index contributed by atoms with van der Waals surface area (Å²) in [4.78, 5) is 34.4. The van der Waals surface area contributed by atoms with Crippen molar-refractivity contribution in [1.29, 1.82) is 0 Å². The molecule has 0 bridgehead atoms. The lowest BCUT2D eigenvalue weighted by Gasteiger charge is -2.31. The third-order valence-corrected chi connectivity index (χ3v) is 7.84. The summed E-state index contributed by atoms with van der Waals surface area (Å²) in [6, 6.07) is 12.4. The van der Waals surface area contributed by atoms with E-state index < -0.39 is 6.43 Å². The number of hydrogen-bond donors (Lipinski definition) is 0. The van der Waals surface area contributed by atoms with Crippen molar-refractivity contribution < 1.29 is 23.0 Å². The van der Waals surface area contributed by atoms with E-state index in [1.165, 1.54) is 4.57 Å². The van der Waals surface area contributed by atoms with E-state index in [1.807, 2.05) is 24.1 Å². The van der Waals surface area contributed by atoms with E-state index in [2.05, 4.69) is 19.9 Å². The van der Waals surface area contributed by atoms with Crippen LogP contribution in [-0.4, -0.2) is 74.8 Å². The first-order chi connectivity index (χ1) is 20.5. The van der Waals surface area contributed by atoms with Gasteiger partial charge in [-0.2, -0.15) is 9.97 Å². The smallest absolute Gasteiger partial charge is 0.296 e. The molecular formula is C30H33F2N7O3. The van der Waals surface area contributed by atoms with E-state index in [-0.39, 0.29) is 29.6 Å². The largest absolute Gasteiger partial charge is 0.474 e. The summed E-state index contributed by atoms with van der Waals surface area (Å²) in [5, 5.41) is 0. The summed E-state index contributed by atoms with van der Waals surface area (Å²) in [6.45, 7) is 2.74. The zero-order valence-corrected chi connectivity index (χ0v) is 23.4. The third kappa shape index (κ3) is 6.03. The number of imidazole rings is 1. The maximum absolute atomic E-state index is 14.1. The van der Waals surface area contributed by atoms with Gasteiger partial charge in [0, 0.05) is 51.1 Å². The van der Waals surface area contributed by atoms with E-state index in [0.717, 1.165) is 5.56 Å². The Bertz CT molecular complexity index is 1520. The average molecular weight is 578 g/mol. The van der Waals surface area contributed by atoms with E-state index in [1.54, 1.807) is 47.6 Å². The van der Waals surface area contributed by atoms with Crippen molar-refractivity contribution in [2.45, 2.75) is 44.8 Å². The third-order valence-electron chi connectivity index (χ3n) is 7.84. The number of amides is 1. The van der Waals surface area contributed by atoms with Crippen LogP contribution >= 0.6 is 0 Å². The monoisotopic (exact) mass is 577 g/mol. The van der Waals surface area contributed by atoms with Gasteiger partial charge in [0.1, 0.15) is 11.9 Å². The Kier molecular flexibility index (Phi) is 8.22. The van der Waals surface area contributed by atoms with Gasteiger partial charge in [0.15, 0.2) is 5.82 Å². The second-order valence-corrected chi connectivity index (χ2v) is 10.7. The highest BCUT2D eigenvalue weighted by atomic mass is 19.3. The number of anilines is 1. The van der Waals surface area contributed by atoms with Crippen molar-refractivity contribution in [3.8, 4) is 11.7 Å². The molecule has 0 spiro atoms. The number of para-hydroxylation sites is 2. The molecule has 4 heterocycles. The molecule has 1 aliphatic carbocycles. The van der Waals surface area contributed by atoms with Crippen LogP contribution in [0.15, 0.2) is 54.9 Å². The van der Waals surface area contributed by atoms with E-state index >= 15 is 0 Å². The molecule has 10 nitrogen and oxygen atoms in total. The van der Waals surface area contributed by atoms with Gasteiger partial charge < -0.3 is 19.3 Å². The topological polar surface area (TPSA) is 98.5 Å². The number of fused-ring (bicyclic) bond motifs is 1. The lowest BCUT2D eigenvalue weighted by molar-refractivity contribution is -0.136. The molecule has 1 amide bonds. The predicted octanol–water partition coefficient (Wildman–Crippen LogP) is 4.58. The van der Waals surface area contributed by atoms with Gasteiger partial charge in [0.2, 0.25) is 17.7 Å². The Morgan fingerprint density at radius 3 is 2.52 bits per heavy atom. The molecule has 6 rings (SSSR count). The molecule has 1 saturated carbocycles. The van der Waals surface area contributed by atoms with Crippen molar-refractivity contribution in [3.63, 3.8) is 0 Å². The number of rotatable bonds is 8. The van der Waals surface area contributed by atoms with Crippen LogP contribution in [0.25, 0.3) is 16.9 Å². The summed E-state index contributed by atoms with van der Waals surface area (Å²) in [5.41, 5.74) is 2.02. The van der Waals surface area contributed by atoms with E-state index in [4.69, 9.17) is 9.47 Å². The number of morpholine rings is 1. The number of benzene rings is 1. The maximum Gasteiger partial charge on any atom is 0.296 e. The normalized spacial score (nSPS) is 19.3. The van der Waals surface area contributed by atoms with Crippen molar-refractivity contribution >= 4 is 22.9 Å². The molecule has 1 aliphatic heterocycles. The number of nitrogens with zero attached hydrogens (tertiary/aromatic N) is 7. The van der Waals surface area contributed by atoms with Crippen molar-refractivity contribution in [2.24, 2.45) is 5.92 Å². The molecule has 3 aromatic heterocycles. The Morgan fingerprint density at radius 2 is 1.79 bits per heavy atom. The standard InChI is InChI=1S/C30H33F2N7O3/c1-37(19-20-10-12-33-13-11-20)29(40)21-6-8-22(9-7-21)42-26-18-25(35-30(36-26)38-14-16-41-17-15-38)39-24-5-3-2-4-23(24)34-28(39)27(31)32/h2-5,10-13,18,21-22,27H,6-9,14-17,19H2,1H3. The van der Waals surface area contributed by atoms with Gasteiger partial charge in [-0.15, -0.1) is 0 Å². The summed E-state index contributed by atoms with van der Waals surface area (Å²) in [5.74, 6) is 0.633. The number of hydrogen-bond acceptors (Lipinski definition) is 8. The molecule has 2 fully saturated rings. The lowest BCUT2D eigenvalue weighted by atomic mass is 9.86. The van der Waals surface area contributed by atoms with Gasteiger partial charge in [-0.25, -0.2) is 13.8 Å². The van der Waals surface area contributed by atoms with Crippen molar-refractivity contribution in [1.82, 2.24) is 29.4 Å². The highest BCUT2D eigenvalue weighted by molar-refractivity contribution is 5.79. The first-order valence-corrected chi connectivity index (χ1v) is 14.2. The Morgan fingerprint density at radius 1 is 1.05 bits per heavy atom. The average Bonchev–Trinajstić information content (AvgIpc) is 3.42. The highest BCUT2D eigenvalue weighted by Crippen LogP contribution is 2.32. The van der Waals surface area contributed by atoms with Crippen LogP contribution < -0.4 is 9.64 Å². The van der Waals surface area contributed by atoms with Gasteiger partial charge in [-0.05, 0) is 55.5 Å². The lowest BCUT2D eigenvalue weighted by Crippen LogP contribution is -2.38. The summed E-state index contributed by atoms with van der Waals surface area (Å²) >= 11 is 0. The predicted molar refractivity (Wildman–Crippen MR) is 152 cm³/mol. The molecule has 12 heteroatoms. The number of halogens is 2. The first-order valence-electron chi connectivity index (χ1n) is 14.2. The highest BCUT2D eigenvalue weighted by Gasteiger charge is 2.30. The number of ether oxygens (including phenoxy) is 2. The zero-order valence-electron chi connectivity index (χ0n) is 23.4. The zero-order chi connectivity index (χ0) is 29.1. The summed E-state index contributed by atoms with van der Waals surface area (Å²) < 4.78 is 41.5. The minimum atomic E-state index is -2.80. The van der Waals surface area contributed by atoms with Crippen LogP contribution in [0.1, 0.15) is 43.5 Å². The van der Waals surface area contributed by atoms with E-state index in [9.17, 15) is 13.6 Å². The summed E-state index contributed by atoms with van der Waals surface area (Å²) in [6.07, 6.45) is 3.25. The van der Waals surface area contributed by atoms with Crippen LogP contribution in [0.2, 0.25) is 0 Å². The molecule has 0 N–H and O–H groups in total. The van der Waals surface area contributed by atoms with Crippen LogP contribution in [0.3, 0.4) is 0 Å². The first kappa shape index (κ1) is 28.0. The second-order valence-electron chi connectivity index (χ2n) is 10.7. The Labute approximate surface area is 242 Å². The minimum Gasteiger partial charge on any atom is -0.474 e. The number of pyridine rings is 1. The van der Waals surface area contributed by atoms with Gasteiger partial charge in [-0.3, -0.25) is 14.3 Å². The van der Waals surface area contributed by atoms with Crippen molar-refractivity contribution in [3.05, 3.63) is 66.2 Å². The van der Waals surface area contributed by atoms with Gasteiger partial charge in [-0.1, -0.05) is 12.1 Å². The number of alkyl halides is 2. The van der Waals surface area contributed by atoms with Gasteiger partial charge >= 0.3 is 0 Å². The fourth-order valence-electron chi connectivity index (χ4n) is 5.66. The van der Waals surface area contributed by atoms with Gasteiger partial charge in [0.25, 0.3) is 6.43 Å². The Balaban J connectivity index is 1.21. The van der Waals surface area contributed by atoms with E-state index in [0.29, 0.717) is 81.4 Å². The number of carbonyl (C=O) groups is 1. The molecule has 1 saturated heterocycles. The molecule has 0 unspecified atom stereocenters. The minimum absolute atomic E-state index is 0.0764. The number of carbonyl (C=O) groups excluding carboxylic acids is 1. The second kappa shape index (κ2) is 12.4. The van der Waals surface area contributed by atoms with Crippen LogP contribution in [0.5, 0.6) is 5.88 Å². The van der Waals surface area contributed by atoms with Crippen LogP contribution in [0, 0.1) is 5.92 Å². The fraction of sp³-hybridized carbons (Fsp3) is 0.433. The van der Waals surface area contributed by atoms with Crippen LogP contribution in [-0.2, 0) is 16.1 Å². The molecule has 0 radical (unpaired) electrons. The molecule has 0 atom stereocenters. The Hall–Kier alpha value is -4.19. The SMILES string of the molecule is CN(Cc1ccncc1)C(=O)C1CCC(Oc2cc(-n3c(C(F)F)nc4ccccc43)nc(N3CCOCC3)n2)CC1. The molecule has 42 heavy (non-hydrogen) atoms. The maximum atomic E-state index is 14.1. The number of aromatic nitrogens is 5. The fourth-order valence-corrected chi connectivity index (χ4v) is 5.66. The van der Waals surface area contributed by atoms with Crippen LogP contribution in [0.4, 0.5) is 14.7 Å². The molecule has 220 valence electrons. The van der Waals surface area contributed by atoms with Gasteiger partial charge in [0.05, 0.1) is 24.2 Å². The molecular weight excluding hydrogens is 544 g/mol.